The van der Waals surface area contributed by atoms with Crippen LogP contribution in [0.2, 0.25) is 0 Å². The Kier molecular flexibility index (Phi) is 6.18. The van der Waals surface area contributed by atoms with Crippen molar-refractivity contribution in [3.8, 4) is 11.4 Å². The van der Waals surface area contributed by atoms with E-state index in [-0.39, 0.29) is 36.6 Å². The Balaban J connectivity index is 1.60. The van der Waals surface area contributed by atoms with Gasteiger partial charge in [0.05, 0.1) is 11.8 Å². The fourth-order valence-corrected chi connectivity index (χ4v) is 4.05. The maximum absolute atomic E-state index is 12.7. The number of rotatable bonds is 5. The highest BCUT2D eigenvalue weighted by Gasteiger charge is 2.31. The number of sulfonamides is 1. The number of benzene rings is 1. The zero-order valence-electron chi connectivity index (χ0n) is 16.3. The molecule has 2 aromatic rings. The molecule has 164 valence electrons. The quantitative estimate of drug-likeness (QED) is 0.757. The molecule has 1 saturated heterocycles. The summed E-state index contributed by atoms with van der Waals surface area (Å²) in [6.45, 7) is 2.21. The second-order valence-corrected chi connectivity index (χ2v) is 9.18. The van der Waals surface area contributed by atoms with Gasteiger partial charge in [-0.2, -0.15) is 18.2 Å². The van der Waals surface area contributed by atoms with Crippen molar-refractivity contribution in [3.05, 3.63) is 35.7 Å². The molecule has 1 N–H and O–H groups in total. The molecule has 1 aromatic carbocycles. The van der Waals surface area contributed by atoms with Gasteiger partial charge in [0.25, 0.3) is 0 Å². The molecule has 0 saturated carbocycles. The van der Waals surface area contributed by atoms with Crippen molar-refractivity contribution < 1.29 is 30.9 Å². The van der Waals surface area contributed by atoms with Gasteiger partial charge in [-0.25, -0.2) is 12.7 Å². The number of halogens is 3. The highest BCUT2D eigenvalue weighted by atomic mass is 32.2. The molecule has 0 bridgehead atoms. The van der Waals surface area contributed by atoms with E-state index in [1.807, 2.05) is 0 Å². The summed E-state index contributed by atoms with van der Waals surface area (Å²) < 4.78 is 67.6. The largest absolute Gasteiger partial charge is 0.416 e. The molecule has 0 radical (unpaired) electrons. The van der Waals surface area contributed by atoms with E-state index in [1.165, 1.54) is 16.4 Å². The van der Waals surface area contributed by atoms with Gasteiger partial charge in [-0.3, -0.25) is 4.79 Å². The maximum atomic E-state index is 12.7. The molecule has 0 unspecified atom stereocenters. The molecule has 1 aliphatic heterocycles. The van der Waals surface area contributed by atoms with E-state index >= 15 is 0 Å². The molecule has 1 aliphatic rings. The predicted molar refractivity (Wildman–Crippen MR) is 100 cm³/mol. The van der Waals surface area contributed by atoms with Crippen LogP contribution >= 0.6 is 0 Å². The molecule has 2 heterocycles. The van der Waals surface area contributed by atoms with Gasteiger partial charge in [0.15, 0.2) is 0 Å². The van der Waals surface area contributed by atoms with Crippen LogP contribution in [0.1, 0.15) is 37.3 Å². The van der Waals surface area contributed by atoms with Crippen LogP contribution in [0.15, 0.2) is 28.8 Å². The topological polar surface area (TPSA) is 105 Å². The fourth-order valence-electron chi connectivity index (χ4n) is 3.18. The summed E-state index contributed by atoms with van der Waals surface area (Å²) in [5.74, 6) is -0.346. The third kappa shape index (κ3) is 5.17. The number of amides is 1. The van der Waals surface area contributed by atoms with E-state index in [1.54, 1.807) is 6.92 Å². The van der Waals surface area contributed by atoms with Crippen LogP contribution in [-0.4, -0.2) is 48.1 Å². The Morgan fingerprint density at radius 1 is 1.23 bits per heavy atom. The highest BCUT2D eigenvalue weighted by molar-refractivity contribution is 7.88. The van der Waals surface area contributed by atoms with Gasteiger partial charge in [-0.1, -0.05) is 17.3 Å². The van der Waals surface area contributed by atoms with E-state index in [2.05, 4.69) is 15.5 Å². The fraction of sp³-hybridized carbons (Fsp3) is 0.500. The van der Waals surface area contributed by atoms with Gasteiger partial charge >= 0.3 is 6.18 Å². The van der Waals surface area contributed by atoms with Crippen LogP contribution in [0.3, 0.4) is 0 Å². The average Bonchev–Trinajstić information content (AvgIpc) is 3.17. The number of hydrogen-bond acceptors (Lipinski definition) is 6. The summed E-state index contributed by atoms with van der Waals surface area (Å²) in [5, 5.41) is 6.53. The first kappa shape index (κ1) is 22.2. The second kappa shape index (κ2) is 8.34. The summed E-state index contributed by atoms with van der Waals surface area (Å²) in [4.78, 5) is 16.6. The summed E-state index contributed by atoms with van der Waals surface area (Å²) in [6.07, 6.45) is -2.48. The third-order valence-electron chi connectivity index (χ3n) is 4.94. The number of aromatic nitrogens is 2. The molecule has 8 nitrogen and oxygen atoms in total. The van der Waals surface area contributed by atoms with Crippen LogP contribution in [0, 0.1) is 5.92 Å². The lowest BCUT2D eigenvalue weighted by Gasteiger charge is -2.29. The average molecular weight is 446 g/mol. The Labute approximate surface area is 171 Å². The van der Waals surface area contributed by atoms with Gasteiger partial charge < -0.3 is 9.84 Å². The Morgan fingerprint density at radius 3 is 2.37 bits per heavy atom. The molecule has 3 rings (SSSR count). The lowest BCUT2D eigenvalue weighted by molar-refractivity contribution is -0.137. The normalized spacial score (nSPS) is 17.6. The SMILES string of the molecule is C[C@H](NC(=O)C1CCN(S(C)(=O)=O)CC1)c1nc(-c2ccc(C(F)(F)F)cc2)no1. The first-order valence-corrected chi connectivity index (χ1v) is 11.1. The van der Waals surface area contributed by atoms with Crippen LogP contribution in [0.25, 0.3) is 11.4 Å². The van der Waals surface area contributed by atoms with Gasteiger partial charge in [-0.05, 0) is 31.9 Å². The predicted octanol–water partition coefficient (Wildman–Crippen LogP) is 2.60. The zero-order chi connectivity index (χ0) is 22.1. The Hall–Kier alpha value is -2.47. The van der Waals surface area contributed by atoms with Crippen molar-refractivity contribution in [1.29, 1.82) is 0 Å². The summed E-state index contributed by atoms with van der Waals surface area (Å²) in [5.41, 5.74) is -0.429. The molecule has 0 spiro atoms. The van der Waals surface area contributed by atoms with Gasteiger partial charge in [0, 0.05) is 24.6 Å². The monoisotopic (exact) mass is 446 g/mol. The first-order chi connectivity index (χ1) is 13.9. The molecule has 0 aliphatic carbocycles. The van der Waals surface area contributed by atoms with Crippen LogP contribution in [0.4, 0.5) is 13.2 Å². The molecular weight excluding hydrogens is 425 g/mol. The van der Waals surface area contributed by atoms with Crippen molar-refractivity contribution in [3.63, 3.8) is 0 Å². The van der Waals surface area contributed by atoms with Crippen LogP contribution in [-0.2, 0) is 21.0 Å². The van der Waals surface area contributed by atoms with E-state index in [0.29, 0.717) is 18.4 Å². The van der Waals surface area contributed by atoms with E-state index in [9.17, 15) is 26.4 Å². The molecule has 1 amide bonds. The number of hydrogen-bond donors (Lipinski definition) is 1. The van der Waals surface area contributed by atoms with Crippen molar-refractivity contribution in [2.24, 2.45) is 5.92 Å². The van der Waals surface area contributed by atoms with Gasteiger partial charge in [0.1, 0.15) is 6.04 Å². The molecule has 30 heavy (non-hydrogen) atoms. The van der Waals surface area contributed by atoms with Gasteiger partial charge in [-0.15, -0.1) is 0 Å². The number of nitrogens with one attached hydrogen (secondary N) is 1. The molecular formula is C18H21F3N4O4S. The van der Waals surface area contributed by atoms with Crippen molar-refractivity contribution in [1.82, 2.24) is 19.8 Å². The number of alkyl halides is 3. The minimum Gasteiger partial charge on any atom is -0.344 e. The smallest absolute Gasteiger partial charge is 0.344 e. The third-order valence-corrected chi connectivity index (χ3v) is 6.24. The van der Waals surface area contributed by atoms with Crippen molar-refractivity contribution in [2.45, 2.75) is 32.0 Å². The Morgan fingerprint density at radius 2 is 1.83 bits per heavy atom. The minimum atomic E-state index is -4.43. The standard InChI is InChI=1S/C18H21F3N4O4S/c1-11(22-16(26)13-7-9-25(10-8-13)30(2,27)28)17-23-15(24-29-17)12-3-5-14(6-4-12)18(19,20)21/h3-6,11,13H,7-10H2,1-2H3,(H,22,26)/t11-/m0/s1. The second-order valence-electron chi connectivity index (χ2n) is 7.20. The molecule has 1 fully saturated rings. The first-order valence-electron chi connectivity index (χ1n) is 9.22. The van der Waals surface area contributed by atoms with Crippen molar-refractivity contribution >= 4 is 15.9 Å². The van der Waals surface area contributed by atoms with E-state index < -0.39 is 27.8 Å². The number of nitrogens with zero attached hydrogens (tertiary/aromatic N) is 3. The molecule has 12 heteroatoms. The summed E-state index contributed by atoms with van der Waals surface area (Å²) in [7, 11) is -3.27. The van der Waals surface area contributed by atoms with E-state index in [4.69, 9.17) is 4.52 Å². The lowest BCUT2D eigenvalue weighted by Crippen LogP contribution is -2.43. The van der Waals surface area contributed by atoms with Crippen LogP contribution < -0.4 is 5.32 Å². The number of carbonyl (C=O) groups excluding carboxylic acids is 1. The van der Waals surface area contributed by atoms with E-state index in [0.717, 1.165) is 18.4 Å². The highest BCUT2D eigenvalue weighted by Crippen LogP contribution is 2.30. The molecule has 1 atom stereocenters. The lowest BCUT2D eigenvalue weighted by atomic mass is 9.97. The summed E-state index contributed by atoms with van der Waals surface area (Å²) >= 11 is 0. The maximum Gasteiger partial charge on any atom is 0.416 e. The summed E-state index contributed by atoms with van der Waals surface area (Å²) in [6, 6.07) is 3.74. The number of carbonyl (C=O) groups is 1. The molecule has 1 aromatic heterocycles. The van der Waals surface area contributed by atoms with Crippen molar-refractivity contribution in [2.75, 3.05) is 19.3 Å². The minimum absolute atomic E-state index is 0.112. The van der Waals surface area contributed by atoms with Gasteiger partial charge in [0.2, 0.25) is 27.6 Å². The number of piperidine rings is 1. The zero-order valence-corrected chi connectivity index (χ0v) is 17.1. The van der Waals surface area contributed by atoms with Crippen LogP contribution in [0.5, 0.6) is 0 Å². The Bertz CT molecular complexity index is 997.